The molecule has 4 heteroatoms. The lowest BCUT2D eigenvalue weighted by Crippen LogP contribution is -1.98. The largest absolute Gasteiger partial charge is 0.485 e. The highest BCUT2D eigenvalue weighted by molar-refractivity contribution is 9.10. The highest BCUT2D eigenvalue weighted by Gasteiger charge is 2.10. The van der Waals surface area contributed by atoms with Gasteiger partial charge in [-0.2, -0.15) is 0 Å². The second-order valence-electron chi connectivity index (χ2n) is 4.58. The third-order valence-corrected chi connectivity index (χ3v) is 3.76. The molecular weight excluding hydrogens is 330 g/mol. The SMILES string of the molecule is O=Cc1ccc2ccc(Br)c(OCc3ccccc3)c2n1. The monoisotopic (exact) mass is 341 g/mol. The summed E-state index contributed by atoms with van der Waals surface area (Å²) in [4.78, 5) is 15.3. The maximum atomic E-state index is 10.9. The molecule has 104 valence electrons. The van der Waals surface area contributed by atoms with Gasteiger partial charge in [0.05, 0.1) is 4.47 Å². The number of carbonyl (C=O) groups is 1. The molecule has 0 spiro atoms. The Morgan fingerprint density at radius 3 is 2.57 bits per heavy atom. The van der Waals surface area contributed by atoms with Crippen LogP contribution in [0, 0.1) is 0 Å². The molecule has 2 aromatic carbocycles. The van der Waals surface area contributed by atoms with Crippen molar-refractivity contribution in [3.8, 4) is 5.75 Å². The van der Waals surface area contributed by atoms with Gasteiger partial charge in [-0.15, -0.1) is 0 Å². The number of aldehydes is 1. The van der Waals surface area contributed by atoms with E-state index in [9.17, 15) is 4.79 Å². The maximum absolute atomic E-state index is 10.9. The van der Waals surface area contributed by atoms with E-state index in [0.717, 1.165) is 21.7 Å². The Hall–Kier alpha value is -2.20. The van der Waals surface area contributed by atoms with Gasteiger partial charge < -0.3 is 4.74 Å². The van der Waals surface area contributed by atoms with Crippen LogP contribution in [0.5, 0.6) is 5.75 Å². The molecule has 0 N–H and O–H groups in total. The fraction of sp³-hybridized carbons (Fsp3) is 0.0588. The van der Waals surface area contributed by atoms with E-state index in [1.165, 1.54) is 0 Å². The Morgan fingerprint density at radius 1 is 1.05 bits per heavy atom. The fourth-order valence-electron chi connectivity index (χ4n) is 2.09. The lowest BCUT2D eigenvalue weighted by atomic mass is 10.2. The number of rotatable bonds is 4. The average molecular weight is 342 g/mol. The number of pyridine rings is 1. The minimum Gasteiger partial charge on any atom is -0.485 e. The van der Waals surface area contributed by atoms with Crippen LogP contribution in [0.25, 0.3) is 10.9 Å². The van der Waals surface area contributed by atoms with Gasteiger partial charge in [0.1, 0.15) is 17.8 Å². The molecule has 0 aliphatic rings. The average Bonchev–Trinajstić information content (AvgIpc) is 2.54. The van der Waals surface area contributed by atoms with E-state index in [0.29, 0.717) is 23.6 Å². The van der Waals surface area contributed by atoms with Crippen LogP contribution in [-0.2, 0) is 6.61 Å². The normalized spacial score (nSPS) is 10.5. The van der Waals surface area contributed by atoms with Gasteiger partial charge in [0.2, 0.25) is 0 Å². The number of fused-ring (bicyclic) bond motifs is 1. The molecule has 3 rings (SSSR count). The summed E-state index contributed by atoms with van der Waals surface area (Å²) in [6.45, 7) is 0.450. The first-order valence-electron chi connectivity index (χ1n) is 6.49. The van der Waals surface area contributed by atoms with E-state index in [2.05, 4.69) is 20.9 Å². The van der Waals surface area contributed by atoms with E-state index in [-0.39, 0.29) is 0 Å². The van der Waals surface area contributed by atoms with Crippen LogP contribution in [-0.4, -0.2) is 11.3 Å². The van der Waals surface area contributed by atoms with Gasteiger partial charge in [0, 0.05) is 5.39 Å². The highest BCUT2D eigenvalue weighted by atomic mass is 79.9. The number of aromatic nitrogens is 1. The Labute approximate surface area is 130 Å². The van der Waals surface area contributed by atoms with Crippen LogP contribution < -0.4 is 4.74 Å². The second kappa shape index (κ2) is 6.06. The van der Waals surface area contributed by atoms with Gasteiger partial charge in [0.25, 0.3) is 0 Å². The summed E-state index contributed by atoms with van der Waals surface area (Å²) in [5.74, 6) is 0.653. The molecule has 3 aromatic rings. The van der Waals surface area contributed by atoms with Crippen molar-refractivity contribution in [3.05, 3.63) is 70.3 Å². The Morgan fingerprint density at radius 2 is 1.81 bits per heavy atom. The van der Waals surface area contributed by atoms with Crippen LogP contribution in [0.3, 0.4) is 0 Å². The molecule has 3 nitrogen and oxygen atoms in total. The van der Waals surface area contributed by atoms with E-state index >= 15 is 0 Å². The summed E-state index contributed by atoms with van der Waals surface area (Å²) in [5.41, 5.74) is 2.16. The fourth-order valence-corrected chi connectivity index (χ4v) is 2.52. The molecule has 0 bridgehead atoms. The molecule has 0 aliphatic heterocycles. The van der Waals surface area contributed by atoms with Crippen LogP contribution in [0.4, 0.5) is 0 Å². The number of hydrogen-bond acceptors (Lipinski definition) is 3. The zero-order chi connectivity index (χ0) is 14.7. The zero-order valence-corrected chi connectivity index (χ0v) is 12.7. The molecule has 0 aliphatic carbocycles. The number of nitrogens with zero attached hydrogens (tertiary/aromatic N) is 1. The van der Waals surface area contributed by atoms with Gasteiger partial charge in [0.15, 0.2) is 12.0 Å². The van der Waals surface area contributed by atoms with E-state index in [4.69, 9.17) is 4.74 Å². The number of carbonyl (C=O) groups excluding carboxylic acids is 1. The first-order valence-corrected chi connectivity index (χ1v) is 7.28. The summed E-state index contributed by atoms with van der Waals surface area (Å²) in [5, 5.41) is 0.937. The first kappa shape index (κ1) is 13.8. The molecule has 0 unspecified atom stereocenters. The minimum atomic E-state index is 0.394. The quantitative estimate of drug-likeness (QED) is 0.660. The maximum Gasteiger partial charge on any atom is 0.168 e. The van der Waals surface area contributed by atoms with Crippen molar-refractivity contribution >= 4 is 33.1 Å². The van der Waals surface area contributed by atoms with Crippen molar-refractivity contribution in [2.75, 3.05) is 0 Å². The lowest BCUT2D eigenvalue weighted by molar-refractivity contribution is 0.111. The van der Waals surface area contributed by atoms with E-state index in [1.54, 1.807) is 6.07 Å². The highest BCUT2D eigenvalue weighted by Crippen LogP contribution is 2.33. The predicted octanol–water partition coefficient (Wildman–Crippen LogP) is 4.39. The summed E-state index contributed by atoms with van der Waals surface area (Å²) in [7, 11) is 0. The summed E-state index contributed by atoms with van der Waals surface area (Å²) < 4.78 is 6.73. The lowest BCUT2D eigenvalue weighted by Gasteiger charge is -2.11. The Bertz CT molecular complexity index is 787. The molecule has 1 heterocycles. The Balaban J connectivity index is 1.99. The molecule has 0 saturated carbocycles. The predicted molar refractivity (Wildman–Crippen MR) is 85.6 cm³/mol. The van der Waals surface area contributed by atoms with Crippen molar-refractivity contribution in [1.82, 2.24) is 4.98 Å². The second-order valence-corrected chi connectivity index (χ2v) is 5.43. The van der Waals surface area contributed by atoms with Crippen LogP contribution in [0.15, 0.2) is 59.1 Å². The smallest absolute Gasteiger partial charge is 0.168 e. The molecule has 0 saturated heterocycles. The third-order valence-electron chi connectivity index (χ3n) is 3.14. The van der Waals surface area contributed by atoms with Crippen LogP contribution in [0.1, 0.15) is 16.1 Å². The Kier molecular flexibility index (Phi) is 3.97. The van der Waals surface area contributed by atoms with Crippen molar-refractivity contribution in [1.29, 1.82) is 0 Å². The van der Waals surface area contributed by atoms with Gasteiger partial charge in [-0.25, -0.2) is 4.98 Å². The van der Waals surface area contributed by atoms with Crippen molar-refractivity contribution in [3.63, 3.8) is 0 Å². The molecule has 1 aromatic heterocycles. The minimum absolute atomic E-state index is 0.394. The van der Waals surface area contributed by atoms with Crippen molar-refractivity contribution in [2.45, 2.75) is 6.61 Å². The molecular formula is C17H12BrNO2. The van der Waals surface area contributed by atoms with E-state index < -0.39 is 0 Å². The van der Waals surface area contributed by atoms with E-state index in [1.807, 2.05) is 48.5 Å². The van der Waals surface area contributed by atoms with Crippen LogP contribution >= 0.6 is 15.9 Å². The number of ether oxygens (including phenoxy) is 1. The topological polar surface area (TPSA) is 39.2 Å². The summed E-state index contributed by atoms with van der Waals surface area (Å²) in [6.07, 6.45) is 0.737. The van der Waals surface area contributed by atoms with Crippen molar-refractivity contribution < 1.29 is 9.53 Å². The standard InChI is InChI=1S/C17H12BrNO2/c18-15-9-7-13-6-8-14(10-20)19-16(13)17(15)21-11-12-4-2-1-3-5-12/h1-10H,11H2. The molecule has 0 radical (unpaired) electrons. The number of hydrogen-bond donors (Lipinski definition) is 0. The van der Waals surface area contributed by atoms with Gasteiger partial charge in [-0.3, -0.25) is 4.79 Å². The molecule has 0 fully saturated rings. The number of benzene rings is 2. The van der Waals surface area contributed by atoms with Crippen LogP contribution in [0.2, 0.25) is 0 Å². The zero-order valence-electron chi connectivity index (χ0n) is 11.1. The van der Waals surface area contributed by atoms with Gasteiger partial charge >= 0.3 is 0 Å². The summed E-state index contributed by atoms with van der Waals surface area (Å²) in [6, 6.07) is 17.3. The van der Waals surface area contributed by atoms with Gasteiger partial charge in [-0.05, 0) is 33.6 Å². The molecule has 0 atom stereocenters. The molecule has 21 heavy (non-hydrogen) atoms. The van der Waals surface area contributed by atoms with Crippen molar-refractivity contribution in [2.24, 2.45) is 0 Å². The molecule has 0 amide bonds. The number of halogens is 1. The van der Waals surface area contributed by atoms with Gasteiger partial charge in [-0.1, -0.05) is 42.5 Å². The summed E-state index contributed by atoms with van der Waals surface area (Å²) >= 11 is 3.48. The third kappa shape index (κ3) is 2.95. The first-order chi connectivity index (χ1) is 10.3.